The second kappa shape index (κ2) is 32.8. The maximum Gasteiger partial charge on any atom is 0.145 e. The molecule has 5 rings (SSSR count). The normalized spacial score (nSPS) is 23.2. The van der Waals surface area contributed by atoms with Crippen molar-refractivity contribution in [2.24, 2.45) is 0 Å². The van der Waals surface area contributed by atoms with E-state index in [2.05, 4.69) is 0 Å². The number of rotatable bonds is 0. The molecule has 5 heterocycles. The van der Waals surface area contributed by atoms with Crippen LogP contribution in [0.2, 0.25) is 0 Å². The van der Waals surface area contributed by atoms with Crippen LogP contribution in [0.5, 0.6) is 0 Å². The van der Waals surface area contributed by atoms with Crippen LogP contribution in [-0.4, -0.2) is 140 Å². The van der Waals surface area contributed by atoms with E-state index < -0.39 is 29.8 Å². The molecule has 5 aliphatic rings. The minimum Gasteiger partial charge on any atom is -0.550 e. The van der Waals surface area contributed by atoms with Crippen molar-refractivity contribution >= 4 is 58.8 Å². The highest BCUT2D eigenvalue weighted by Crippen LogP contribution is 2.23. The van der Waals surface area contributed by atoms with E-state index >= 15 is 0 Å². The molecule has 25 heteroatoms. The van der Waals surface area contributed by atoms with Gasteiger partial charge in [0.1, 0.15) is 84.3 Å². The first kappa shape index (κ1) is 84.1. The van der Waals surface area contributed by atoms with Crippen LogP contribution in [0.15, 0.2) is 0 Å². The Morgan fingerprint density at radius 1 is 0.250 bits per heavy atom. The minimum atomic E-state index is -1.08. The molecule has 25 nitrogen and oxygen atoms in total. The zero-order valence-electron chi connectivity index (χ0n) is 52.9. The van der Waals surface area contributed by atoms with Gasteiger partial charge in [0.05, 0.1) is 64.2 Å². The molecule has 5 aliphatic heterocycles. The highest BCUT2D eigenvalue weighted by Gasteiger charge is 2.53. The second-order valence-corrected chi connectivity index (χ2v) is 27.5. The maximum absolute atomic E-state index is 11.3. The molecule has 470 valence electrons. The molecule has 0 aromatic carbocycles. The van der Waals surface area contributed by atoms with Gasteiger partial charge in [0.25, 0.3) is 0 Å². The monoisotopic (exact) mass is 1160 g/mol. The quantitative estimate of drug-likeness (QED) is 0.108. The molecule has 0 spiro atoms. The first-order valence-electron chi connectivity index (χ1n) is 26.3. The summed E-state index contributed by atoms with van der Waals surface area (Å²) >= 11 is 0. The first-order chi connectivity index (χ1) is 34.9. The number of piperidine rings is 5. The SMILES string of the molecule is CC(=O)[O-].CC(=O)[O-].CC(=O)[O-].CC(=O)[O-].CC(=O)[O-].CC1(C)CC(=O)CC(C)(C)[NH+]1O.CC1(C)CC(=O)CC(C)(C)[NH+]1O.CC1(C)CC(=O)CC(C)(C)[NH+]1O.CC1(C)CC(=O)CC(C)(C)[NH+]1O.CC1(C)CC(=O)CC(C)(C)[NH+]1O. The number of Topliss-reactive ketones (excluding diaryl/α,β-unsaturated/α-hetero) is 5. The lowest BCUT2D eigenvalue weighted by Gasteiger charge is -2.43. The van der Waals surface area contributed by atoms with Gasteiger partial charge in [-0.25, -0.2) is 26.0 Å². The second-order valence-electron chi connectivity index (χ2n) is 27.5. The Morgan fingerprint density at radius 2 is 0.300 bits per heavy atom. The summed E-state index contributed by atoms with van der Waals surface area (Å²) < 4.78 is 0. The Morgan fingerprint density at radius 3 is 0.350 bits per heavy atom. The number of carboxylic acids is 5. The third-order valence-electron chi connectivity index (χ3n) is 12.8. The standard InChI is InChI=1S/5C9H17NO2.5C2H4O2/c5*1-8(2)5-7(11)6-9(3,4)10(8)12;5*1-2(3)4/h5*12H,5-6H2,1-4H3;5*1H3,(H,3,4). The summed E-state index contributed by atoms with van der Waals surface area (Å²) in [6.45, 7) is 43.2. The Balaban J connectivity index is -0.000000270. The number of hydroxylamine groups is 10. The molecule has 5 fully saturated rings. The fraction of sp³-hybridized carbons (Fsp3) is 0.818. The fourth-order valence-corrected chi connectivity index (χ4v) is 10.7. The van der Waals surface area contributed by atoms with Gasteiger partial charge in [-0.15, -0.1) is 0 Å². The number of hydrogen-bond donors (Lipinski definition) is 10. The molecule has 0 aliphatic carbocycles. The van der Waals surface area contributed by atoms with Crippen LogP contribution in [0.1, 0.15) is 237 Å². The molecule has 0 saturated carbocycles. The van der Waals surface area contributed by atoms with Crippen molar-refractivity contribution in [3.05, 3.63) is 0 Å². The van der Waals surface area contributed by atoms with Gasteiger partial charge < -0.3 is 49.5 Å². The number of ketones is 5. The molecule has 10 N–H and O–H groups in total. The summed E-state index contributed by atoms with van der Waals surface area (Å²) in [5.41, 5.74) is -3.34. The number of carbonyl (C=O) groups excluding carboxylic acids is 10. The number of carboxylic acid groups (broad SMARTS) is 5. The number of carbonyl (C=O) groups is 10. The Hall–Kier alpha value is -4.70. The van der Waals surface area contributed by atoms with E-state index in [1.807, 2.05) is 138 Å². The maximum atomic E-state index is 11.3. The van der Waals surface area contributed by atoms with Gasteiger partial charge >= 0.3 is 0 Å². The van der Waals surface area contributed by atoms with Crippen molar-refractivity contribution in [2.75, 3.05) is 0 Å². The zero-order chi connectivity index (χ0) is 65.7. The topological polar surface area (TPSA) is 409 Å². The van der Waals surface area contributed by atoms with Crippen LogP contribution in [-0.2, 0) is 47.9 Å². The van der Waals surface area contributed by atoms with Crippen molar-refractivity contribution in [1.82, 2.24) is 0 Å². The third-order valence-corrected chi connectivity index (χ3v) is 12.8. The molecule has 0 aromatic rings. The van der Waals surface area contributed by atoms with Gasteiger partial charge in [0, 0.05) is 29.8 Å². The molecule has 5 saturated heterocycles. The third kappa shape index (κ3) is 34.6. The van der Waals surface area contributed by atoms with E-state index in [9.17, 15) is 50.0 Å². The Bertz CT molecular complexity index is 1640. The van der Waals surface area contributed by atoms with Crippen LogP contribution < -0.4 is 50.8 Å². The Labute approximate surface area is 475 Å². The summed E-state index contributed by atoms with van der Waals surface area (Å²) in [6.07, 6.45) is 4.74. The molecule has 0 radical (unpaired) electrons. The van der Waals surface area contributed by atoms with Gasteiger partial charge in [-0.3, -0.25) is 24.0 Å². The van der Waals surface area contributed by atoms with Crippen LogP contribution in [0, 0.1) is 0 Å². The molecular formula is C55H105N5O20. The van der Waals surface area contributed by atoms with Crippen LogP contribution in [0.25, 0.3) is 0 Å². The predicted molar refractivity (Wildman–Crippen MR) is 279 cm³/mol. The van der Waals surface area contributed by atoms with Gasteiger partial charge in [-0.2, -0.15) is 25.3 Å². The summed E-state index contributed by atoms with van der Waals surface area (Å²) in [5, 5.41) is 96.0. The van der Waals surface area contributed by atoms with E-state index in [4.69, 9.17) is 49.5 Å². The van der Waals surface area contributed by atoms with Gasteiger partial charge in [0.15, 0.2) is 0 Å². The molecule has 0 aromatic heterocycles. The van der Waals surface area contributed by atoms with E-state index in [-0.39, 0.29) is 84.3 Å². The largest absolute Gasteiger partial charge is 0.550 e. The number of nitrogens with one attached hydrogen (secondary N) is 5. The summed E-state index contributed by atoms with van der Waals surface area (Å²) in [7, 11) is 0. The lowest BCUT2D eigenvalue weighted by molar-refractivity contribution is -1.16. The average molecular weight is 1160 g/mol. The average Bonchev–Trinajstić information content (AvgIpc) is 3.14. The lowest BCUT2D eigenvalue weighted by atomic mass is 9.81. The van der Waals surface area contributed by atoms with Gasteiger partial charge in [-0.05, 0) is 173 Å². The lowest BCUT2D eigenvalue weighted by Crippen LogP contribution is -3.25. The number of hydrogen-bond acceptors (Lipinski definition) is 20. The van der Waals surface area contributed by atoms with Crippen molar-refractivity contribution in [2.45, 2.75) is 293 Å². The van der Waals surface area contributed by atoms with Crippen molar-refractivity contribution in [3.8, 4) is 0 Å². The summed E-state index contributed by atoms with van der Waals surface area (Å²) in [6, 6.07) is 0. The van der Waals surface area contributed by atoms with Crippen LogP contribution >= 0.6 is 0 Å². The molecular weight excluding hydrogens is 1050 g/mol. The molecule has 0 amide bonds. The van der Waals surface area contributed by atoms with Crippen molar-refractivity contribution < 1.29 is 125 Å². The van der Waals surface area contributed by atoms with E-state index in [0.29, 0.717) is 89.5 Å². The van der Waals surface area contributed by atoms with Gasteiger partial charge in [-0.1, -0.05) is 0 Å². The molecule has 0 atom stereocenters. The van der Waals surface area contributed by atoms with E-state index in [1.165, 1.54) is 0 Å². The summed E-state index contributed by atoms with van der Waals surface area (Å²) in [4.78, 5) is 101. The highest BCUT2D eigenvalue weighted by atomic mass is 16.5. The van der Waals surface area contributed by atoms with Crippen molar-refractivity contribution in [1.29, 1.82) is 0 Å². The predicted octanol–water partition coefficient (Wildman–Crippen LogP) is -5.32. The molecule has 0 unspecified atom stereocenters. The molecule has 0 bridgehead atoms. The number of aliphatic carboxylic acids is 5. The minimum absolute atomic E-state index is 0.253. The smallest absolute Gasteiger partial charge is 0.145 e. The van der Waals surface area contributed by atoms with E-state index in [0.717, 1.165) is 34.6 Å². The zero-order valence-corrected chi connectivity index (χ0v) is 52.9. The van der Waals surface area contributed by atoms with Crippen molar-refractivity contribution in [3.63, 3.8) is 0 Å². The van der Waals surface area contributed by atoms with Gasteiger partial charge in [0.2, 0.25) is 0 Å². The summed E-state index contributed by atoms with van der Waals surface area (Å²) in [5.74, 6) is -4.15. The number of quaternary nitrogens is 5. The first-order valence-corrected chi connectivity index (χ1v) is 26.3. The Kier molecular flexibility index (Phi) is 34.5. The highest BCUT2D eigenvalue weighted by molar-refractivity contribution is 5.82. The van der Waals surface area contributed by atoms with Crippen LogP contribution in [0.3, 0.4) is 0 Å². The fourth-order valence-electron chi connectivity index (χ4n) is 10.7. The molecule has 80 heavy (non-hydrogen) atoms. The van der Waals surface area contributed by atoms with E-state index in [1.54, 1.807) is 0 Å². The van der Waals surface area contributed by atoms with Crippen LogP contribution in [0.4, 0.5) is 0 Å².